The Kier molecular flexibility index (Phi) is 7.53. The summed E-state index contributed by atoms with van der Waals surface area (Å²) in [6.07, 6.45) is 0.773. The number of hydrogen-bond donors (Lipinski definition) is 2. The van der Waals surface area contributed by atoms with Gasteiger partial charge in [-0.1, -0.05) is 12.1 Å². The van der Waals surface area contributed by atoms with E-state index >= 15 is 0 Å². The maximum absolute atomic E-state index is 12.1. The van der Waals surface area contributed by atoms with Crippen molar-refractivity contribution in [2.75, 3.05) is 44.9 Å². The molecule has 1 heterocycles. The monoisotopic (exact) mass is 348 g/mol. The Bertz CT molecular complexity index is 591. The highest BCUT2D eigenvalue weighted by atomic mass is 16.5. The average Bonchev–Trinajstić information content (AvgIpc) is 2.60. The minimum atomic E-state index is -0.0126. The zero-order valence-corrected chi connectivity index (χ0v) is 15.2. The van der Waals surface area contributed by atoms with Crippen molar-refractivity contribution >= 4 is 17.6 Å². The minimum absolute atomic E-state index is 0.0126. The number of carbonyl (C=O) groups is 1. The largest absolute Gasteiger partial charge is 0.482 e. The quantitative estimate of drug-likeness (QED) is 0.422. The smallest absolute Gasteiger partial charge is 0.265 e. The first-order chi connectivity index (χ1) is 12.2. The van der Waals surface area contributed by atoms with Crippen molar-refractivity contribution in [2.45, 2.75) is 26.3 Å². The van der Waals surface area contributed by atoms with Crippen molar-refractivity contribution in [3.8, 4) is 5.75 Å². The van der Waals surface area contributed by atoms with E-state index in [1.54, 1.807) is 12.0 Å². The number of nitrogens with one attached hydrogen (secondary N) is 2. The molecule has 2 rings (SSSR count). The molecule has 0 radical (unpaired) electrons. The number of fused-ring (bicyclic) bond motifs is 1. The number of hydrogen-bond acceptors (Lipinski definition) is 4. The van der Waals surface area contributed by atoms with Gasteiger partial charge in [0, 0.05) is 32.8 Å². The van der Waals surface area contributed by atoms with Crippen LogP contribution in [0.4, 0.5) is 5.69 Å². The summed E-state index contributed by atoms with van der Waals surface area (Å²) in [5, 5.41) is 6.51. The summed E-state index contributed by atoms with van der Waals surface area (Å²) in [6, 6.07) is 7.80. The van der Waals surface area contributed by atoms with Crippen LogP contribution in [0.3, 0.4) is 0 Å². The van der Waals surface area contributed by atoms with Crippen LogP contribution in [0.2, 0.25) is 0 Å². The van der Waals surface area contributed by atoms with Gasteiger partial charge in [0.2, 0.25) is 0 Å². The second kappa shape index (κ2) is 9.88. The van der Waals surface area contributed by atoms with Crippen LogP contribution in [-0.2, 0) is 9.53 Å². The number of methoxy groups -OCH3 is 1. The van der Waals surface area contributed by atoms with E-state index < -0.39 is 0 Å². The molecule has 1 aromatic carbocycles. The Morgan fingerprint density at radius 2 is 2.24 bits per heavy atom. The van der Waals surface area contributed by atoms with E-state index in [9.17, 15) is 4.79 Å². The predicted molar refractivity (Wildman–Crippen MR) is 99.4 cm³/mol. The van der Waals surface area contributed by atoms with Crippen molar-refractivity contribution in [2.24, 2.45) is 4.99 Å². The van der Waals surface area contributed by atoms with Gasteiger partial charge in [-0.2, -0.15) is 0 Å². The number of aliphatic imine (C=N–C) groups is 1. The number of nitrogens with zero attached hydrogens (tertiary/aromatic N) is 2. The fourth-order valence-corrected chi connectivity index (χ4v) is 2.66. The van der Waals surface area contributed by atoms with Gasteiger partial charge in [0.15, 0.2) is 12.6 Å². The van der Waals surface area contributed by atoms with E-state index in [1.807, 2.05) is 38.1 Å². The molecule has 0 bridgehead atoms. The number of anilines is 1. The maximum atomic E-state index is 12.1. The third-order valence-electron chi connectivity index (χ3n) is 3.76. The normalized spacial score (nSPS) is 15.4. The summed E-state index contributed by atoms with van der Waals surface area (Å²) < 4.78 is 10.6. The summed E-state index contributed by atoms with van der Waals surface area (Å²) in [6.45, 7) is 6.82. The molecule has 1 aliphatic heterocycles. The van der Waals surface area contributed by atoms with Crippen molar-refractivity contribution < 1.29 is 14.3 Å². The molecule has 1 aliphatic rings. The molecule has 0 aromatic heterocycles. The predicted octanol–water partition coefficient (Wildman–Crippen LogP) is 1.39. The number of para-hydroxylation sites is 2. The molecular formula is C18H28N4O3. The Labute approximate surface area is 149 Å². The summed E-state index contributed by atoms with van der Waals surface area (Å²) in [5.41, 5.74) is 0.835. The SMILES string of the molecule is CCNC(=NCCCN1C(=O)COc2ccccc21)NC(C)COC. The lowest BCUT2D eigenvalue weighted by atomic mass is 10.2. The number of amides is 1. The van der Waals surface area contributed by atoms with Gasteiger partial charge < -0.3 is 25.0 Å². The van der Waals surface area contributed by atoms with Crippen molar-refractivity contribution in [3.05, 3.63) is 24.3 Å². The van der Waals surface area contributed by atoms with Crippen molar-refractivity contribution in [1.82, 2.24) is 10.6 Å². The summed E-state index contributed by atoms with van der Waals surface area (Å²) in [4.78, 5) is 18.5. The Morgan fingerprint density at radius 3 is 3.00 bits per heavy atom. The third kappa shape index (κ3) is 5.63. The van der Waals surface area contributed by atoms with E-state index in [2.05, 4.69) is 15.6 Å². The molecule has 25 heavy (non-hydrogen) atoms. The summed E-state index contributed by atoms with van der Waals surface area (Å²) in [7, 11) is 1.68. The van der Waals surface area contributed by atoms with Gasteiger partial charge in [-0.3, -0.25) is 9.79 Å². The molecule has 7 nitrogen and oxygen atoms in total. The third-order valence-corrected chi connectivity index (χ3v) is 3.76. The van der Waals surface area contributed by atoms with Gasteiger partial charge in [-0.05, 0) is 32.4 Å². The Balaban J connectivity index is 1.89. The fourth-order valence-electron chi connectivity index (χ4n) is 2.66. The lowest BCUT2D eigenvalue weighted by molar-refractivity contribution is -0.121. The van der Waals surface area contributed by atoms with Crippen LogP contribution >= 0.6 is 0 Å². The second-order valence-corrected chi connectivity index (χ2v) is 5.92. The van der Waals surface area contributed by atoms with Crippen LogP contribution in [0, 0.1) is 0 Å². The Morgan fingerprint density at radius 1 is 1.44 bits per heavy atom. The summed E-state index contributed by atoms with van der Waals surface area (Å²) >= 11 is 0. The number of rotatable bonds is 8. The summed E-state index contributed by atoms with van der Waals surface area (Å²) in [5.74, 6) is 1.51. The molecule has 1 atom stereocenters. The van der Waals surface area contributed by atoms with Gasteiger partial charge in [0.25, 0.3) is 5.91 Å². The lowest BCUT2D eigenvalue weighted by Gasteiger charge is -2.29. The molecule has 0 saturated carbocycles. The molecule has 138 valence electrons. The number of guanidine groups is 1. The zero-order valence-electron chi connectivity index (χ0n) is 15.2. The second-order valence-electron chi connectivity index (χ2n) is 5.92. The highest BCUT2D eigenvalue weighted by Gasteiger charge is 2.24. The zero-order chi connectivity index (χ0) is 18.1. The first-order valence-electron chi connectivity index (χ1n) is 8.71. The Hall–Kier alpha value is -2.28. The van der Waals surface area contributed by atoms with Crippen LogP contribution in [0.15, 0.2) is 29.3 Å². The van der Waals surface area contributed by atoms with E-state index in [0.29, 0.717) is 19.7 Å². The van der Waals surface area contributed by atoms with E-state index in [-0.39, 0.29) is 18.6 Å². The topological polar surface area (TPSA) is 75.2 Å². The molecule has 1 unspecified atom stereocenters. The van der Waals surface area contributed by atoms with Gasteiger partial charge >= 0.3 is 0 Å². The average molecular weight is 348 g/mol. The standard InChI is InChI=1S/C18H28N4O3/c1-4-19-18(21-14(2)12-24-3)20-10-7-11-22-15-8-5-6-9-16(15)25-13-17(22)23/h5-6,8-9,14H,4,7,10-13H2,1-3H3,(H2,19,20,21). The van der Waals surface area contributed by atoms with E-state index in [0.717, 1.165) is 30.4 Å². The molecule has 0 saturated heterocycles. The van der Waals surface area contributed by atoms with Crippen LogP contribution < -0.4 is 20.3 Å². The minimum Gasteiger partial charge on any atom is -0.482 e. The molecule has 0 fully saturated rings. The first-order valence-corrected chi connectivity index (χ1v) is 8.71. The molecule has 7 heteroatoms. The number of carbonyl (C=O) groups excluding carboxylic acids is 1. The molecule has 2 N–H and O–H groups in total. The maximum Gasteiger partial charge on any atom is 0.265 e. The van der Waals surface area contributed by atoms with Gasteiger partial charge in [0.05, 0.1) is 12.3 Å². The van der Waals surface area contributed by atoms with Crippen molar-refractivity contribution in [3.63, 3.8) is 0 Å². The number of benzene rings is 1. The number of ether oxygens (including phenoxy) is 2. The highest BCUT2D eigenvalue weighted by Crippen LogP contribution is 2.31. The van der Waals surface area contributed by atoms with Crippen LogP contribution in [0.1, 0.15) is 20.3 Å². The lowest BCUT2D eigenvalue weighted by Crippen LogP contribution is -2.44. The first kappa shape index (κ1) is 19.1. The van der Waals surface area contributed by atoms with E-state index in [1.165, 1.54) is 0 Å². The van der Waals surface area contributed by atoms with Gasteiger partial charge in [0.1, 0.15) is 5.75 Å². The fraction of sp³-hybridized carbons (Fsp3) is 0.556. The molecule has 0 spiro atoms. The van der Waals surface area contributed by atoms with Crippen LogP contribution in [0.5, 0.6) is 5.75 Å². The van der Waals surface area contributed by atoms with E-state index in [4.69, 9.17) is 9.47 Å². The molecular weight excluding hydrogens is 320 g/mol. The van der Waals surface area contributed by atoms with Crippen LogP contribution in [0.25, 0.3) is 0 Å². The molecule has 1 aromatic rings. The van der Waals surface area contributed by atoms with Gasteiger partial charge in [-0.15, -0.1) is 0 Å². The van der Waals surface area contributed by atoms with Gasteiger partial charge in [-0.25, -0.2) is 0 Å². The highest BCUT2D eigenvalue weighted by molar-refractivity contribution is 5.97. The molecule has 0 aliphatic carbocycles. The van der Waals surface area contributed by atoms with Crippen LogP contribution in [-0.4, -0.2) is 57.9 Å². The van der Waals surface area contributed by atoms with Crippen molar-refractivity contribution in [1.29, 1.82) is 0 Å². The molecule has 1 amide bonds.